The number of aryl methyl sites for hydroxylation is 1. The van der Waals surface area contributed by atoms with Crippen molar-refractivity contribution in [3.63, 3.8) is 0 Å². The summed E-state index contributed by atoms with van der Waals surface area (Å²) in [6.07, 6.45) is 0. The maximum atomic E-state index is 6.66. The highest BCUT2D eigenvalue weighted by molar-refractivity contribution is 5.99. The molecule has 5 aromatic rings. The molecule has 5 rings (SSSR count). The lowest BCUT2D eigenvalue weighted by Crippen LogP contribution is -1.86. The van der Waals surface area contributed by atoms with Crippen molar-refractivity contribution in [2.75, 3.05) is 0 Å². The fraction of sp³-hybridized carbons (Fsp3) is 0.0345. The molecule has 1 heteroatoms. The van der Waals surface area contributed by atoms with Crippen molar-refractivity contribution in [3.8, 4) is 44.9 Å². The van der Waals surface area contributed by atoms with E-state index in [-0.39, 0.29) is 0 Å². The van der Waals surface area contributed by atoms with E-state index < -0.39 is 0 Å². The Balaban J connectivity index is 1.88. The zero-order valence-corrected chi connectivity index (χ0v) is 16.9. The highest BCUT2D eigenvalue weighted by Crippen LogP contribution is 2.48. The molecule has 0 aliphatic carbocycles. The van der Waals surface area contributed by atoms with Crippen LogP contribution in [0, 0.1) is 6.92 Å². The number of furan rings is 1. The van der Waals surface area contributed by atoms with Gasteiger partial charge in [-0.2, -0.15) is 0 Å². The molecule has 0 radical (unpaired) electrons. The van der Waals surface area contributed by atoms with E-state index >= 15 is 0 Å². The van der Waals surface area contributed by atoms with E-state index in [2.05, 4.69) is 110 Å². The molecule has 0 saturated heterocycles. The van der Waals surface area contributed by atoms with Gasteiger partial charge >= 0.3 is 0 Å². The van der Waals surface area contributed by atoms with E-state index in [0.717, 1.165) is 44.9 Å². The topological polar surface area (TPSA) is 13.1 Å². The fourth-order valence-corrected chi connectivity index (χ4v) is 3.89. The first-order valence-corrected chi connectivity index (χ1v) is 10.2. The molecule has 4 aromatic carbocycles. The maximum absolute atomic E-state index is 6.66. The van der Waals surface area contributed by atoms with Gasteiger partial charge in [-0.1, -0.05) is 121 Å². The van der Waals surface area contributed by atoms with E-state index in [9.17, 15) is 0 Å². The third-order valence-electron chi connectivity index (χ3n) is 5.38. The Morgan fingerprint density at radius 1 is 0.400 bits per heavy atom. The second kappa shape index (κ2) is 7.88. The zero-order valence-electron chi connectivity index (χ0n) is 16.9. The van der Waals surface area contributed by atoms with Crippen molar-refractivity contribution >= 4 is 0 Å². The molecule has 0 N–H and O–H groups in total. The molecule has 0 saturated carbocycles. The quantitative estimate of drug-likeness (QED) is 0.303. The first kappa shape index (κ1) is 18.2. The molecule has 0 bridgehead atoms. The Bertz CT molecular complexity index is 1250. The van der Waals surface area contributed by atoms with Crippen LogP contribution >= 0.6 is 0 Å². The molecule has 0 amide bonds. The standard InChI is InChI=1S/C29H22O/c1-21-17-19-23(20-18-21)27-26(22-11-5-2-6-12-22)28(24-13-7-3-8-14-24)30-29(27)25-15-9-4-10-16-25/h2-20H,1H3. The molecule has 0 spiro atoms. The molecular formula is C29H22O. The SMILES string of the molecule is Cc1ccc(-c2c(-c3ccccc3)oc(-c3ccccc3)c2-c2ccccc2)cc1. The monoisotopic (exact) mass is 386 g/mol. The van der Waals surface area contributed by atoms with E-state index in [1.54, 1.807) is 0 Å². The second-order valence-electron chi connectivity index (χ2n) is 7.47. The number of rotatable bonds is 4. The van der Waals surface area contributed by atoms with E-state index in [4.69, 9.17) is 4.42 Å². The summed E-state index contributed by atoms with van der Waals surface area (Å²) in [7, 11) is 0. The first-order chi connectivity index (χ1) is 14.8. The zero-order chi connectivity index (χ0) is 20.3. The lowest BCUT2D eigenvalue weighted by atomic mass is 9.91. The van der Waals surface area contributed by atoms with Gasteiger partial charge in [0.2, 0.25) is 0 Å². The van der Waals surface area contributed by atoms with Crippen LogP contribution in [-0.2, 0) is 0 Å². The van der Waals surface area contributed by atoms with Crippen molar-refractivity contribution in [2.45, 2.75) is 6.92 Å². The fourth-order valence-electron chi connectivity index (χ4n) is 3.89. The highest BCUT2D eigenvalue weighted by atomic mass is 16.3. The van der Waals surface area contributed by atoms with Crippen LogP contribution in [0.25, 0.3) is 44.9 Å². The lowest BCUT2D eigenvalue weighted by Gasteiger charge is -2.09. The molecule has 1 aromatic heterocycles. The Hall–Kier alpha value is -3.84. The van der Waals surface area contributed by atoms with Gasteiger partial charge in [-0.05, 0) is 18.1 Å². The first-order valence-electron chi connectivity index (χ1n) is 10.2. The molecule has 0 unspecified atom stereocenters. The minimum absolute atomic E-state index is 0.899. The van der Waals surface area contributed by atoms with E-state index in [1.807, 2.05) is 12.1 Å². The molecule has 0 atom stereocenters. The van der Waals surface area contributed by atoms with Crippen molar-refractivity contribution in [2.24, 2.45) is 0 Å². The highest BCUT2D eigenvalue weighted by Gasteiger charge is 2.24. The van der Waals surface area contributed by atoms with Crippen LogP contribution in [0.1, 0.15) is 5.56 Å². The van der Waals surface area contributed by atoms with Crippen LogP contribution in [-0.4, -0.2) is 0 Å². The normalized spacial score (nSPS) is 10.8. The third kappa shape index (κ3) is 3.35. The van der Waals surface area contributed by atoms with Gasteiger partial charge < -0.3 is 4.42 Å². The van der Waals surface area contributed by atoms with Crippen LogP contribution < -0.4 is 0 Å². The van der Waals surface area contributed by atoms with Crippen LogP contribution in [0.3, 0.4) is 0 Å². The van der Waals surface area contributed by atoms with Gasteiger partial charge in [0.1, 0.15) is 11.5 Å². The molecule has 0 aliphatic heterocycles. The van der Waals surface area contributed by atoms with Crippen molar-refractivity contribution in [1.29, 1.82) is 0 Å². The molecule has 1 nitrogen and oxygen atoms in total. The molecule has 0 fully saturated rings. The average molecular weight is 386 g/mol. The number of hydrogen-bond donors (Lipinski definition) is 0. The van der Waals surface area contributed by atoms with Gasteiger partial charge in [-0.15, -0.1) is 0 Å². The Morgan fingerprint density at radius 3 is 1.20 bits per heavy atom. The summed E-state index contributed by atoms with van der Waals surface area (Å²) in [6, 6.07) is 40.0. The Kier molecular flexibility index (Phi) is 4.78. The smallest absolute Gasteiger partial charge is 0.143 e. The van der Waals surface area contributed by atoms with Crippen LogP contribution in [0.4, 0.5) is 0 Å². The van der Waals surface area contributed by atoms with Gasteiger partial charge in [0.25, 0.3) is 0 Å². The van der Waals surface area contributed by atoms with Crippen molar-refractivity contribution in [3.05, 3.63) is 121 Å². The van der Waals surface area contributed by atoms with E-state index in [1.165, 1.54) is 5.56 Å². The predicted octanol–water partition coefficient (Wildman–Crippen LogP) is 8.26. The van der Waals surface area contributed by atoms with Crippen LogP contribution in [0.15, 0.2) is 120 Å². The molecular weight excluding hydrogens is 364 g/mol. The summed E-state index contributed by atoms with van der Waals surface area (Å²) in [4.78, 5) is 0. The minimum Gasteiger partial charge on any atom is -0.455 e. The van der Waals surface area contributed by atoms with Gasteiger partial charge in [-0.3, -0.25) is 0 Å². The van der Waals surface area contributed by atoms with Gasteiger partial charge in [0.05, 0.1) is 0 Å². The maximum Gasteiger partial charge on any atom is 0.143 e. The molecule has 1 heterocycles. The van der Waals surface area contributed by atoms with Crippen molar-refractivity contribution in [1.82, 2.24) is 0 Å². The molecule has 0 aliphatic rings. The van der Waals surface area contributed by atoms with Gasteiger partial charge in [0.15, 0.2) is 0 Å². The summed E-state index contributed by atoms with van der Waals surface area (Å²) in [5.74, 6) is 1.80. The van der Waals surface area contributed by atoms with Crippen LogP contribution in [0.5, 0.6) is 0 Å². The van der Waals surface area contributed by atoms with Crippen LogP contribution in [0.2, 0.25) is 0 Å². The van der Waals surface area contributed by atoms with Gasteiger partial charge in [-0.25, -0.2) is 0 Å². The summed E-state index contributed by atoms with van der Waals surface area (Å²) >= 11 is 0. The molecule has 144 valence electrons. The Morgan fingerprint density at radius 2 is 0.767 bits per heavy atom. The Labute approximate surface area is 177 Å². The summed E-state index contributed by atoms with van der Waals surface area (Å²) in [6.45, 7) is 2.12. The molecule has 30 heavy (non-hydrogen) atoms. The average Bonchev–Trinajstić information content (AvgIpc) is 3.22. The summed E-state index contributed by atoms with van der Waals surface area (Å²) in [5.41, 5.74) is 7.96. The van der Waals surface area contributed by atoms with E-state index in [0.29, 0.717) is 0 Å². The predicted molar refractivity (Wildman–Crippen MR) is 125 cm³/mol. The van der Waals surface area contributed by atoms with Gasteiger partial charge in [0, 0.05) is 22.3 Å². The minimum atomic E-state index is 0.899. The lowest BCUT2D eigenvalue weighted by molar-refractivity contribution is 0.599. The number of benzene rings is 4. The summed E-state index contributed by atoms with van der Waals surface area (Å²) < 4.78 is 6.66. The third-order valence-corrected chi connectivity index (χ3v) is 5.38. The number of hydrogen-bond acceptors (Lipinski definition) is 1. The van der Waals surface area contributed by atoms with Crippen molar-refractivity contribution < 1.29 is 4.42 Å². The summed E-state index contributed by atoms with van der Waals surface area (Å²) in [5, 5.41) is 0. The second-order valence-corrected chi connectivity index (χ2v) is 7.47. The largest absolute Gasteiger partial charge is 0.455 e.